The van der Waals surface area contributed by atoms with Crippen molar-refractivity contribution in [3.05, 3.63) is 29.3 Å². The molecule has 2 heterocycles. The van der Waals surface area contributed by atoms with E-state index in [1.54, 1.807) is 34.1 Å². The number of carbonyl (C=O) groups excluding carboxylic acids is 2. The second-order valence-corrected chi connectivity index (χ2v) is 8.79. The van der Waals surface area contributed by atoms with Crippen molar-refractivity contribution in [2.24, 2.45) is 5.92 Å². The Bertz CT molecular complexity index is 773. The van der Waals surface area contributed by atoms with E-state index in [1.807, 2.05) is 0 Å². The number of hydrogen-bond acceptors (Lipinski definition) is 4. The molecule has 1 aromatic carbocycles. The summed E-state index contributed by atoms with van der Waals surface area (Å²) in [5.74, 6) is -0.568. The van der Waals surface area contributed by atoms with Crippen LogP contribution in [0.2, 0.25) is 5.02 Å². The first kappa shape index (κ1) is 18.2. The Hall–Kier alpha value is -1.64. The maximum Gasteiger partial charge on any atom is 0.228 e. The Labute approximate surface area is 152 Å². The Morgan fingerprint density at radius 1 is 1.12 bits per heavy atom. The van der Waals surface area contributed by atoms with Crippen molar-refractivity contribution in [2.75, 3.05) is 43.9 Å². The number of hydrogen-bond donors (Lipinski definition) is 0. The zero-order chi connectivity index (χ0) is 18.2. The molecule has 9 heteroatoms. The lowest BCUT2D eigenvalue weighted by atomic mass is 10.1. The normalized spacial score (nSPS) is 22.5. The molecule has 25 heavy (non-hydrogen) atoms. The molecule has 0 spiro atoms. The first-order valence-corrected chi connectivity index (χ1v) is 10.3. The topological polar surface area (TPSA) is 78.0 Å². The molecule has 0 radical (unpaired) electrons. The van der Waals surface area contributed by atoms with Crippen molar-refractivity contribution in [3.63, 3.8) is 0 Å². The number of anilines is 1. The molecule has 0 aliphatic carbocycles. The Kier molecular flexibility index (Phi) is 5.04. The average molecular weight is 386 g/mol. The van der Waals surface area contributed by atoms with Gasteiger partial charge in [0.2, 0.25) is 21.8 Å². The van der Waals surface area contributed by atoms with E-state index in [-0.39, 0.29) is 18.2 Å². The summed E-state index contributed by atoms with van der Waals surface area (Å²) < 4.78 is 24.5. The van der Waals surface area contributed by atoms with Crippen molar-refractivity contribution in [2.45, 2.75) is 6.42 Å². The third-order valence-corrected chi connectivity index (χ3v) is 6.19. The van der Waals surface area contributed by atoms with E-state index in [0.717, 1.165) is 5.69 Å². The summed E-state index contributed by atoms with van der Waals surface area (Å²) in [5.41, 5.74) is 0.728. The van der Waals surface area contributed by atoms with Crippen LogP contribution in [0.5, 0.6) is 0 Å². The lowest BCUT2D eigenvalue weighted by molar-refractivity contribution is -0.136. The molecule has 2 aliphatic rings. The first-order valence-electron chi connectivity index (χ1n) is 8.05. The number of rotatable bonds is 3. The molecule has 0 N–H and O–H groups in total. The highest BCUT2D eigenvalue weighted by Gasteiger charge is 2.38. The minimum atomic E-state index is -3.23. The molecule has 2 aliphatic heterocycles. The molecule has 0 saturated carbocycles. The Morgan fingerprint density at radius 3 is 2.28 bits per heavy atom. The van der Waals surface area contributed by atoms with Gasteiger partial charge in [0.1, 0.15) is 0 Å². The second kappa shape index (κ2) is 6.93. The fourth-order valence-electron chi connectivity index (χ4n) is 3.24. The number of sulfonamides is 1. The van der Waals surface area contributed by atoms with Crippen LogP contribution in [0.1, 0.15) is 6.42 Å². The fourth-order valence-corrected chi connectivity index (χ4v) is 4.19. The first-order chi connectivity index (χ1) is 11.8. The van der Waals surface area contributed by atoms with Gasteiger partial charge in [0.15, 0.2) is 0 Å². The second-order valence-electron chi connectivity index (χ2n) is 6.37. The molecular formula is C16H20ClN3O4S. The number of amides is 2. The zero-order valence-electron chi connectivity index (χ0n) is 13.9. The van der Waals surface area contributed by atoms with Crippen LogP contribution in [-0.4, -0.2) is 68.4 Å². The predicted molar refractivity (Wildman–Crippen MR) is 94.9 cm³/mol. The quantitative estimate of drug-likeness (QED) is 0.771. The minimum absolute atomic E-state index is 0.0852. The highest BCUT2D eigenvalue weighted by atomic mass is 35.5. The summed E-state index contributed by atoms with van der Waals surface area (Å²) in [6.45, 7) is 1.65. The molecule has 2 fully saturated rings. The van der Waals surface area contributed by atoms with Gasteiger partial charge < -0.3 is 9.80 Å². The van der Waals surface area contributed by atoms with Crippen molar-refractivity contribution < 1.29 is 18.0 Å². The number of carbonyl (C=O) groups is 2. The van der Waals surface area contributed by atoms with Crippen LogP contribution in [0.4, 0.5) is 5.69 Å². The van der Waals surface area contributed by atoms with Crippen molar-refractivity contribution in [3.8, 4) is 0 Å². The molecule has 3 rings (SSSR count). The molecule has 136 valence electrons. The van der Waals surface area contributed by atoms with Crippen molar-refractivity contribution >= 4 is 39.1 Å². The SMILES string of the molecule is CS(=O)(=O)N1CCN(C(=O)[C@@H]2CC(=O)N(c3ccc(Cl)cc3)C2)CC1. The summed E-state index contributed by atoms with van der Waals surface area (Å²) in [4.78, 5) is 28.2. The number of nitrogens with zero attached hydrogens (tertiary/aromatic N) is 3. The van der Waals surface area contributed by atoms with E-state index in [9.17, 15) is 18.0 Å². The van der Waals surface area contributed by atoms with E-state index in [4.69, 9.17) is 11.6 Å². The fraction of sp³-hybridized carbons (Fsp3) is 0.500. The van der Waals surface area contributed by atoms with Gasteiger partial charge in [0.05, 0.1) is 12.2 Å². The maximum absolute atomic E-state index is 12.7. The molecular weight excluding hydrogens is 366 g/mol. The van der Waals surface area contributed by atoms with Crippen LogP contribution in [0, 0.1) is 5.92 Å². The molecule has 7 nitrogen and oxygen atoms in total. The van der Waals surface area contributed by atoms with E-state index in [2.05, 4.69) is 0 Å². The Morgan fingerprint density at radius 2 is 1.72 bits per heavy atom. The van der Waals surface area contributed by atoms with Gasteiger partial charge in [-0.1, -0.05) is 11.6 Å². The highest BCUT2D eigenvalue weighted by molar-refractivity contribution is 7.88. The highest BCUT2D eigenvalue weighted by Crippen LogP contribution is 2.27. The lowest BCUT2D eigenvalue weighted by Gasteiger charge is -2.34. The minimum Gasteiger partial charge on any atom is -0.340 e. The largest absolute Gasteiger partial charge is 0.340 e. The van der Waals surface area contributed by atoms with E-state index >= 15 is 0 Å². The molecule has 1 atom stereocenters. The maximum atomic E-state index is 12.7. The van der Waals surface area contributed by atoms with Gasteiger partial charge in [-0.3, -0.25) is 9.59 Å². The van der Waals surface area contributed by atoms with Gasteiger partial charge in [0.25, 0.3) is 0 Å². The Balaban J connectivity index is 1.63. The van der Waals surface area contributed by atoms with Crippen LogP contribution < -0.4 is 4.90 Å². The molecule has 1 aromatic rings. The van der Waals surface area contributed by atoms with Crippen molar-refractivity contribution in [1.29, 1.82) is 0 Å². The number of piperazine rings is 1. The smallest absolute Gasteiger partial charge is 0.228 e. The monoisotopic (exact) mass is 385 g/mol. The van der Waals surface area contributed by atoms with E-state index in [0.29, 0.717) is 37.7 Å². The summed E-state index contributed by atoms with van der Waals surface area (Å²) in [5, 5.41) is 0.590. The average Bonchev–Trinajstić information content (AvgIpc) is 2.96. The summed E-state index contributed by atoms with van der Waals surface area (Å²) in [7, 11) is -3.23. The molecule has 0 unspecified atom stereocenters. The third kappa shape index (κ3) is 3.96. The van der Waals surface area contributed by atoms with Crippen molar-refractivity contribution in [1.82, 2.24) is 9.21 Å². The summed E-state index contributed by atoms with van der Waals surface area (Å²) in [6, 6.07) is 6.95. The van der Waals surface area contributed by atoms with Crippen LogP contribution in [0.15, 0.2) is 24.3 Å². The molecule has 2 saturated heterocycles. The number of halogens is 1. The summed E-state index contributed by atoms with van der Waals surface area (Å²) in [6.07, 6.45) is 1.35. The number of benzene rings is 1. The van der Waals surface area contributed by atoms with Gasteiger partial charge in [-0.15, -0.1) is 0 Å². The third-order valence-electron chi connectivity index (χ3n) is 4.63. The van der Waals surface area contributed by atoms with Crippen LogP contribution in [-0.2, 0) is 19.6 Å². The molecule has 0 aromatic heterocycles. The van der Waals surface area contributed by atoms with Crippen LogP contribution in [0.25, 0.3) is 0 Å². The molecule has 2 amide bonds. The standard InChI is InChI=1S/C16H20ClN3O4S/c1-25(23,24)19-8-6-18(7-9-19)16(22)12-10-15(21)20(11-12)14-4-2-13(17)3-5-14/h2-5,12H,6-11H2,1H3/t12-/m1/s1. The van der Waals surface area contributed by atoms with Gasteiger partial charge in [0, 0.05) is 49.9 Å². The van der Waals surface area contributed by atoms with Gasteiger partial charge in [-0.05, 0) is 24.3 Å². The zero-order valence-corrected chi connectivity index (χ0v) is 15.5. The van der Waals surface area contributed by atoms with E-state index in [1.165, 1.54) is 10.6 Å². The summed E-state index contributed by atoms with van der Waals surface area (Å²) >= 11 is 5.87. The van der Waals surface area contributed by atoms with Gasteiger partial charge >= 0.3 is 0 Å². The lowest BCUT2D eigenvalue weighted by Crippen LogP contribution is -2.51. The molecule has 0 bridgehead atoms. The van der Waals surface area contributed by atoms with Gasteiger partial charge in [-0.2, -0.15) is 4.31 Å². The predicted octanol–water partition coefficient (Wildman–Crippen LogP) is 0.797. The van der Waals surface area contributed by atoms with E-state index < -0.39 is 15.9 Å². The van der Waals surface area contributed by atoms with Crippen LogP contribution in [0.3, 0.4) is 0 Å². The van der Waals surface area contributed by atoms with Crippen LogP contribution >= 0.6 is 11.6 Å². The van der Waals surface area contributed by atoms with Gasteiger partial charge in [-0.25, -0.2) is 8.42 Å².